The van der Waals surface area contributed by atoms with Crippen LogP contribution in [0.25, 0.3) is 16.6 Å². The zero-order chi connectivity index (χ0) is 18.0. The minimum atomic E-state index is -0.277. The van der Waals surface area contributed by atoms with Crippen molar-refractivity contribution in [3.05, 3.63) is 70.5 Å². The number of para-hydroxylation sites is 2. The highest BCUT2D eigenvalue weighted by Gasteiger charge is 2.19. The normalized spacial score (nSPS) is 13.2. The molecule has 0 aliphatic rings. The highest BCUT2D eigenvalue weighted by molar-refractivity contribution is 6.05. The highest BCUT2D eigenvalue weighted by Crippen LogP contribution is 2.28. The molecule has 0 amide bonds. The van der Waals surface area contributed by atoms with E-state index in [1.54, 1.807) is 11.5 Å². The number of aromatic hydroxyl groups is 1. The second-order valence-electron chi connectivity index (χ2n) is 6.25. The lowest BCUT2D eigenvalue weighted by Crippen LogP contribution is -2.60. The summed E-state index contributed by atoms with van der Waals surface area (Å²) >= 11 is 0. The minimum Gasteiger partial charge on any atom is -0.506 e. The van der Waals surface area contributed by atoms with Crippen molar-refractivity contribution in [2.45, 2.75) is 19.9 Å². The Labute approximate surface area is 146 Å². The van der Waals surface area contributed by atoms with Gasteiger partial charge in [-0.1, -0.05) is 30.3 Å². The topological polar surface area (TPSA) is 82.2 Å². The first-order valence-electron chi connectivity index (χ1n) is 8.27. The smallest absolute Gasteiger partial charge is 0.268 e. The van der Waals surface area contributed by atoms with Crippen LogP contribution in [0.3, 0.4) is 0 Å². The van der Waals surface area contributed by atoms with Crippen molar-refractivity contribution in [2.24, 2.45) is 4.99 Å². The SMILES string of the molecule is CC(=NC[C@@H](C)[NH3+])c1c(O)c2ccccc2n(-c2ccccc2)c1=O. The van der Waals surface area contributed by atoms with E-state index in [-0.39, 0.29) is 22.9 Å². The van der Waals surface area contributed by atoms with Gasteiger partial charge in [-0.05, 0) is 38.1 Å². The van der Waals surface area contributed by atoms with Gasteiger partial charge in [0.2, 0.25) is 0 Å². The lowest BCUT2D eigenvalue weighted by atomic mass is 10.1. The molecule has 25 heavy (non-hydrogen) atoms. The number of rotatable bonds is 4. The number of hydrogen-bond donors (Lipinski definition) is 2. The van der Waals surface area contributed by atoms with E-state index in [1.807, 2.05) is 61.5 Å². The molecule has 4 N–H and O–H groups in total. The highest BCUT2D eigenvalue weighted by atomic mass is 16.3. The molecule has 3 rings (SSSR count). The molecule has 0 radical (unpaired) electrons. The fourth-order valence-electron chi connectivity index (χ4n) is 2.86. The lowest BCUT2D eigenvalue weighted by molar-refractivity contribution is -0.409. The van der Waals surface area contributed by atoms with Gasteiger partial charge in [0.15, 0.2) is 0 Å². The molecular weight excluding hydrogens is 314 g/mol. The molecule has 128 valence electrons. The van der Waals surface area contributed by atoms with Gasteiger partial charge >= 0.3 is 0 Å². The van der Waals surface area contributed by atoms with Gasteiger partial charge in [0.25, 0.3) is 5.56 Å². The largest absolute Gasteiger partial charge is 0.506 e. The van der Waals surface area contributed by atoms with Crippen LogP contribution in [0.1, 0.15) is 19.4 Å². The van der Waals surface area contributed by atoms with Crippen molar-refractivity contribution in [1.29, 1.82) is 0 Å². The molecule has 5 nitrogen and oxygen atoms in total. The molecule has 0 bridgehead atoms. The number of fused-ring (bicyclic) bond motifs is 1. The first kappa shape index (κ1) is 16.9. The van der Waals surface area contributed by atoms with Crippen LogP contribution in [0.4, 0.5) is 0 Å². The monoisotopic (exact) mass is 336 g/mol. The van der Waals surface area contributed by atoms with E-state index in [2.05, 4.69) is 10.7 Å². The van der Waals surface area contributed by atoms with E-state index in [0.717, 1.165) is 5.69 Å². The third-order valence-corrected chi connectivity index (χ3v) is 4.07. The zero-order valence-electron chi connectivity index (χ0n) is 14.4. The van der Waals surface area contributed by atoms with Gasteiger partial charge in [0.1, 0.15) is 17.4 Å². The minimum absolute atomic E-state index is 0.0225. The molecule has 0 aliphatic heterocycles. The molecule has 2 aromatic carbocycles. The summed E-state index contributed by atoms with van der Waals surface area (Å²) in [6.45, 7) is 4.21. The summed E-state index contributed by atoms with van der Waals surface area (Å²) in [4.78, 5) is 17.6. The third kappa shape index (κ3) is 3.19. The number of pyridine rings is 1. The second-order valence-corrected chi connectivity index (χ2v) is 6.25. The number of benzene rings is 2. The zero-order valence-corrected chi connectivity index (χ0v) is 14.4. The predicted octanol–water partition coefficient (Wildman–Crippen LogP) is 2.14. The van der Waals surface area contributed by atoms with Crippen molar-refractivity contribution in [3.8, 4) is 11.4 Å². The van der Waals surface area contributed by atoms with E-state index >= 15 is 0 Å². The number of hydrogen-bond acceptors (Lipinski definition) is 3. The molecule has 3 aromatic rings. The summed E-state index contributed by atoms with van der Waals surface area (Å²) in [5.41, 5.74) is 5.81. The molecule has 0 unspecified atom stereocenters. The number of nitrogens with zero attached hydrogens (tertiary/aromatic N) is 2. The quantitative estimate of drug-likeness (QED) is 0.716. The maximum Gasteiger partial charge on any atom is 0.268 e. The standard InChI is InChI=1S/C20H21N3O2/c1-13(21)12-22-14(2)18-19(24)16-10-6-7-11-17(16)23(20(18)25)15-8-4-3-5-9-15/h3-11,13,24H,12,21H2,1-2H3/p+1/t13-/m1/s1. The van der Waals surface area contributed by atoms with Crippen LogP contribution in [0.5, 0.6) is 5.75 Å². The van der Waals surface area contributed by atoms with E-state index in [9.17, 15) is 9.90 Å². The average Bonchev–Trinajstić information content (AvgIpc) is 2.61. The maximum absolute atomic E-state index is 13.2. The Morgan fingerprint density at radius 2 is 1.80 bits per heavy atom. The Kier molecular flexibility index (Phi) is 4.67. The summed E-state index contributed by atoms with van der Waals surface area (Å²) in [6.07, 6.45) is 0. The number of aliphatic imine (C=N–C) groups is 1. The van der Waals surface area contributed by atoms with Crippen molar-refractivity contribution in [3.63, 3.8) is 0 Å². The molecule has 0 aliphatic carbocycles. The van der Waals surface area contributed by atoms with Gasteiger partial charge < -0.3 is 10.8 Å². The summed E-state index contributed by atoms with van der Waals surface area (Å²) in [5.74, 6) is -0.0225. The Balaban J connectivity index is 2.36. The van der Waals surface area contributed by atoms with Crippen molar-refractivity contribution < 1.29 is 10.8 Å². The lowest BCUT2D eigenvalue weighted by Gasteiger charge is -2.15. The Morgan fingerprint density at radius 3 is 2.48 bits per heavy atom. The van der Waals surface area contributed by atoms with Crippen LogP contribution in [0, 0.1) is 0 Å². The second kappa shape index (κ2) is 6.91. The van der Waals surface area contributed by atoms with Gasteiger partial charge in [-0.2, -0.15) is 0 Å². The first-order chi connectivity index (χ1) is 12.0. The van der Waals surface area contributed by atoms with E-state index in [4.69, 9.17) is 0 Å². The van der Waals surface area contributed by atoms with E-state index in [1.165, 1.54) is 0 Å². The fourth-order valence-corrected chi connectivity index (χ4v) is 2.86. The first-order valence-corrected chi connectivity index (χ1v) is 8.27. The van der Waals surface area contributed by atoms with Gasteiger partial charge in [0, 0.05) is 16.8 Å². The summed E-state index contributed by atoms with van der Waals surface area (Å²) in [5, 5.41) is 11.4. The van der Waals surface area contributed by atoms with E-state index in [0.29, 0.717) is 23.2 Å². The number of quaternary nitrogens is 1. The molecule has 1 heterocycles. The van der Waals surface area contributed by atoms with Crippen LogP contribution in [-0.2, 0) is 0 Å². The fraction of sp³-hybridized carbons (Fsp3) is 0.200. The molecule has 1 atom stereocenters. The summed E-state index contributed by atoms with van der Waals surface area (Å²) in [6, 6.07) is 16.9. The van der Waals surface area contributed by atoms with Crippen molar-refractivity contribution >= 4 is 16.6 Å². The molecule has 0 spiro atoms. The molecule has 0 saturated carbocycles. The van der Waals surface area contributed by atoms with Crippen LogP contribution in [0.2, 0.25) is 0 Å². The molecule has 0 saturated heterocycles. The van der Waals surface area contributed by atoms with E-state index < -0.39 is 0 Å². The number of aromatic nitrogens is 1. The van der Waals surface area contributed by atoms with Gasteiger partial charge in [0.05, 0.1) is 12.1 Å². The Hall–Kier alpha value is -2.92. The molecular formula is C20H22N3O2+. The van der Waals surface area contributed by atoms with Crippen LogP contribution in [0.15, 0.2) is 64.4 Å². The molecule has 0 fully saturated rings. The van der Waals surface area contributed by atoms with Crippen molar-refractivity contribution in [1.82, 2.24) is 4.57 Å². The molecule has 1 aromatic heterocycles. The Bertz CT molecular complexity index is 989. The predicted molar refractivity (Wildman–Crippen MR) is 101 cm³/mol. The van der Waals surface area contributed by atoms with Gasteiger partial charge in [-0.3, -0.25) is 14.4 Å². The van der Waals surface area contributed by atoms with Gasteiger partial charge in [-0.25, -0.2) is 0 Å². The van der Waals surface area contributed by atoms with Crippen LogP contribution in [-0.4, -0.2) is 28.0 Å². The van der Waals surface area contributed by atoms with Crippen LogP contribution < -0.4 is 11.3 Å². The maximum atomic E-state index is 13.2. The molecule has 5 heteroatoms. The average molecular weight is 336 g/mol. The van der Waals surface area contributed by atoms with Crippen LogP contribution >= 0.6 is 0 Å². The summed E-state index contributed by atoms with van der Waals surface area (Å²) < 4.78 is 1.62. The van der Waals surface area contributed by atoms with Crippen molar-refractivity contribution in [2.75, 3.05) is 6.54 Å². The Morgan fingerprint density at radius 1 is 1.16 bits per heavy atom. The van der Waals surface area contributed by atoms with Gasteiger partial charge in [-0.15, -0.1) is 0 Å². The summed E-state index contributed by atoms with van der Waals surface area (Å²) in [7, 11) is 0. The third-order valence-electron chi connectivity index (χ3n) is 4.07.